The number of unbranched alkanes of at least 4 members (excludes halogenated alkanes) is 15. The number of carbonyl (C=O) groups excluding carboxylic acids is 2. The Hall–Kier alpha value is -4.37. The highest BCUT2D eigenvalue weighted by Gasteiger charge is 2.26. The molecular formula is C67H108NO8P. The van der Waals surface area contributed by atoms with Gasteiger partial charge in [0, 0.05) is 19.4 Å². The molecule has 2 atom stereocenters. The molecule has 0 aromatic rings. The molecule has 0 aromatic carbocycles. The highest BCUT2D eigenvalue weighted by Crippen LogP contribution is 2.43. The summed E-state index contributed by atoms with van der Waals surface area (Å²) in [4.78, 5) is 35.2. The van der Waals surface area contributed by atoms with E-state index in [9.17, 15) is 19.0 Å². The molecule has 0 radical (unpaired) electrons. The normalized spacial score (nSPS) is 14.2. The zero-order valence-electron chi connectivity index (χ0n) is 48.4. The molecule has 0 aromatic heterocycles. The van der Waals surface area contributed by atoms with E-state index in [2.05, 4.69) is 172 Å². The van der Waals surface area contributed by atoms with E-state index in [1.807, 2.05) is 0 Å². The van der Waals surface area contributed by atoms with Gasteiger partial charge in [-0.05, 0) is 128 Å². The fourth-order valence-corrected chi connectivity index (χ4v) is 8.26. The number of esters is 2. The van der Waals surface area contributed by atoms with Crippen LogP contribution in [0, 0.1) is 0 Å². The van der Waals surface area contributed by atoms with Crippen LogP contribution < -0.4 is 5.73 Å². The molecular weight excluding hydrogens is 978 g/mol. The lowest BCUT2D eigenvalue weighted by atomic mass is 10.1. The van der Waals surface area contributed by atoms with Gasteiger partial charge in [-0.2, -0.15) is 0 Å². The standard InChI is InChI=1S/C67H108NO8P/c1-3-5-7-9-11-13-15-17-19-21-23-24-25-26-27-28-29-30-31-32-33-34-35-36-37-38-39-40-42-44-46-48-50-52-54-56-58-60-67(70)76-65(64-75-77(71,72)74-62-61-68)63-73-66(69)59-57-55-53-51-49-47-45-43-41-22-20-18-16-14-12-10-8-6-4-2/h5,7,11-14,17-20,23-24,26-27,29-30,32-33,35-36,38-39,42,44,48,50,65H,3-4,6,8-10,15-16,21-22,25,28,31,34,37,40-41,43,45-47,49,51-64,68H2,1-2H3,(H,71,72)/b7-5-,13-11-,14-12-,19-17-,20-18-,24-23-,27-26-,30-29-,33-32-,36-35-,39-38-,44-42-,50-48-. The van der Waals surface area contributed by atoms with Crippen LogP contribution in [-0.2, 0) is 32.7 Å². The summed E-state index contributed by atoms with van der Waals surface area (Å²) in [5.74, 6) is -0.882. The van der Waals surface area contributed by atoms with Crippen molar-refractivity contribution in [2.75, 3.05) is 26.4 Å². The van der Waals surface area contributed by atoms with Crippen molar-refractivity contribution in [1.29, 1.82) is 0 Å². The lowest BCUT2D eigenvalue weighted by molar-refractivity contribution is -0.161. The van der Waals surface area contributed by atoms with Gasteiger partial charge in [-0.1, -0.05) is 236 Å². The van der Waals surface area contributed by atoms with Crippen molar-refractivity contribution in [1.82, 2.24) is 0 Å². The topological polar surface area (TPSA) is 134 Å². The first kappa shape index (κ1) is 72.6. The second-order valence-corrected chi connectivity index (χ2v) is 20.6. The number of phosphoric acid groups is 1. The van der Waals surface area contributed by atoms with Crippen molar-refractivity contribution in [3.05, 3.63) is 158 Å². The molecule has 0 aliphatic rings. The number of carbonyl (C=O) groups is 2. The van der Waals surface area contributed by atoms with E-state index in [4.69, 9.17) is 24.3 Å². The van der Waals surface area contributed by atoms with Crippen LogP contribution in [0.15, 0.2) is 158 Å². The number of allylic oxidation sites excluding steroid dienone is 26. The van der Waals surface area contributed by atoms with Crippen molar-refractivity contribution in [2.45, 2.75) is 225 Å². The molecule has 0 spiro atoms. The molecule has 9 nitrogen and oxygen atoms in total. The lowest BCUT2D eigenvalue weighted by Crippen LogP contribution is -2.29. The van der Waals surface area contributed by atoms with E-state index >= 15 is 0 Å². The van der Waals surface area contributed by atoms with E-state index in [1.54, 1.807) is 0 Å². The van der Waals surface area contributed by atoms with Gasteiger partial charge in [-0.15, -0.1) is 0 Å². The number of phosphoric ester groups is 1. The number of rotatable bonds is 54. The van der Waals surface area contributed by atoms with Crippen LogP contribution in [0.4, 0.5) is 0 Å². The fraction of sp³-hybridized carbons (Fsp3) is 0.582. The highest BCUT2D eigenvalue weighted by molar-refractivity contribution is 7.47. The third kappa shape index (κ3) is 60.7. The molecule has 434 valence electrons. The largest absolute Gasteiger partial charge is 0.472 e. The average molecular weight is 1090 g/mol. The summed E-state index contributed by atoms with van der Waals surface area (Å²) in [6, 6.07) is 0. The van der Waals surface area contributed by atoms with Crippen LogP contribution in [-0.4, -0.2) is 49.3 Å². The maximum absolute atomic E-state index is 12.7. The SMILES string of the molecule is CC/C=C\C/C=C\C/C=C\C/C=C\C/C=C\C/C=C\C/C=C\C/C=C\C/C=C\C/C=C\C/C=C\CCCCCC(=O)OC(COC(=O)CCCCCCCCCCC/C=C\C/C=C\CCCCC)COP(=O)(O)OCCN. The minimum absolute atomic E-state index is 0.0385. The minimum Gasteiger partial charge on any atom is -0.462 e. The predicted octanol–water partition coefficient (Wildman–Crippen LogP) is 19.3. The maximum atomic E-state index is 12.7. The first-order valence-electron chi connectivity index (χ1n) is 30.0. The second-order valence-electron chi connectivity index (χ2n) is 19.1. The van der Waals surface area contributed by atoms with Crippen molar-refractivity contribution in [2.24, 2.45) is 5.73 Å². The summed E-state index contributed by atoms with van der Waals surface area (Å²) in [5, 5.41) is 0. The van der Waals surface area contributed by atoms with Crippen molar-refractivity contribution in [3.63, 3.8) is 0 Å². The second kappa shape index (κ2) is 60.9. The fourth-order valence-electron chi connectivity index (χ4n) is 7.49. The number of hydrogen-bond donors (Lipinski definition) is 2. The Morgan fingerprint density at radius 2 is 0.714 bits per heavy atom. The van der Waals surface area contributed by atoms with Gasteiger partial charge in [0.2, 0.25) is 0 Å². The molecule has 0 aliphatic heterocycles. The average Bonchev–Trinajstić information content (AvgIpc) is 3.42. The lowest BCUT2D eigenvalue weighted by Gasteiger charge is -2.19. The Morgan fingerprint density at radius 3 is 1.08 bits per heavy atom. The van der Waals surface area contributed by atoms with Gasteiger partial charge in [0.25, 0.3) is 0 Å². The smallest absolute Gasteiger partial charge is 0.462 e. The molecule has 0 rings (SSSR count). The Balaban J connectivity index is 4.11. The molecule has 0 fully saturated rings. The van der Waals surface area contributed by atoms with Gasteiger partial charge in [0.15, 0.2) is 6.10 Å². The molecule has 10 heteroatoms. The van der Waals surface area contributed by atoms with Gasteiger partial charge in [-0.3, -0.25) is 18.6 Å². The molecule has 0 aliphatic carbocycles. The predicted molar refractivity (Wildman–Crippen MR) is 330 cm³/mol. The number of hydrogen-bond acceptors (Lipinski definition) is 8. The Labute approximate surface area is 470 Å². The monoisotopic (exact) mass is 1090 g/mol. The van der Waals surface area contributed by atoms with Gasteiger partial charge >= 0.3 is 19.8 Å². The zero-order valence-corrected chi connectivity index (χ0v) is 49.3. The highest BCUT2D eigenvalue weighted by atomic mass is 31.2. The Morgan fingerprint density at radius 1 is 0.403 bits per heavy atom. The van der Waals surface area contributed by atoms with Crippen molar-refractivity contribution >= 4 is 19.8 Å². The molecule has 77 heavy (non-hydrogen) atoms. The maximum Gasteiger partial charge on any atom is 0.472 e. The van der Waals surface area contributed by atoms with Crippen LogP contribution in [0.5, 0.6) is 0 Å². The Kier molecular flexibility index (Phi) is 57.4. The molecule has 0 amide bonds. The first-order chi connectivity index (χ1) is 37.8. The van der Waals surface area contributed by atoms with Crippen LogP contribution in [0.2, 0.25) is 0 Å². The summed E-state index contributed by atoms with van der Waals surface area (Å²) >= 11 is 0. The number of ether oxygens (including phenoxy) is 2. The van der Waals surface area contributed by atoms with E-state index in [-0.39, 0.29) is 32.6 Å². The molecule has 0 bridgehead atoms. The quantitative estimate of drug-likeness (QED) is 0.0264. The van der Waals surface area contributed by atoms with Crippen LogP contribution in [0.1, 0.15) is 219 Å². The zero-order chi connectivity index (χ0) is 55.9. The van der Waals surface area contributed by atoms with Gasteiger partial charge in [-0.25, -0.2) is 4.57 Å². The van der Waals surface area contributed by atoms with E-state index in [1.165, 1.54) is 57.8 Å². The van der Waals surface area contributed by atoms with Crippen LogP contribution >= 0.6 is 7.82 Å². The van der Waals surface area contributed by atoms with Crippen LogP contribution in [0.25, 0.3) is 0 Å². The first-order valence-corrected chi connectivity index (χ1v) is 31.5. The third-order valence-corrected chi connectivity index (χ3v) is 12.9. The molecule has 3 N–H and O–H groups in total. The Bertz CT molecular complexity index is 1810. The van der Waals surface area contributed by atoms with Crippen molar-refractivity contribution in [3.8, 4) is 0 Å². The number of nitrogens with two attached hydrogens (primary N) is 1. The van der Waals surface area contributed by atoms with Crippen LogP contribution in [0.3, 0.4) is 0 Å². The third-order valence-electron chi connectivity index (χ3n) is 11.9. The van der Waals surface area contributed by atoms with Gasteiger partial charge in [0.1, 0.15) is 6.61 Å². The molecule has 0 saturated heterocycles. The minimum atomic E-state index is -4.41. The van der Waals surface area contributed by atoms with E-state index in [0.29, 0.717) is 12.8 Å². The summed E-state index contributed by atoms with van der Waals surface area (Å²) in [6.07, 6.45) is 88.7. The summed E-state index contributed by atoms with van der Waals surface area (Å²) in [5.41, 5.74) is 5.38. The molecule has 0 saturated carbocycles. The summed E-state index contributed by atoms with van der Waals surface area (Å²) < 4.78 is 33.0. The summed E-state index contributed by atoms with van der Waals surface area (Å²) in [6.45, 7) is 3.54. The van der Waals surface area contributed by atoms with Gasteiger partial charge in [0.05, 0.1) is 13.2 Å². The summed E-state index contributed by atoms with van der Waals surface area (Å²) in [7, 11) is -4.41. The van der Waals surface area contributed by atoms with Crippen molar-refractivity contribution < 1.29 is 37.6 Å². The van der Waals surface area contributed by atoms with E-state index in [0.717, 1.165) is 122 Å². The van der Waals surface area contributed by atoms with Gasteiger partial charge < -0.3 is 20.1 Å². The molecule has 0 heterocycles. The van der Waals surface area contributed by atoms with E-state index < -0.39 is 32.5 Å². The molecule has 2 unspecified atom stereocenters.